The van der Waals surface area contributed by atoms with E-state index in [2.05, 4.69) is 20.5 Å². The summed E-state index contributed by atoms with van der Waals surface area (Å²) < 4.78 is 0. The number of carbonyl (C=O) groups excluding carboxylic acids is 1. The first-order valence-electron chi connectivity index (χ1n) is 7.28. The first kappa shape index (κ1) is 16.6. The van der Waals surface area contributed by atoms with Crippen LogP contribution in [0.1, 0.15) is 5.56 Å². The molecule has 0 atom stereocenters. The highest BCUT2D eigenvalue weighted by Gasteiger charge is 2.06. The van der Waals surface area contributed by atoms with E-state index in [0.29, 0.717) is 0 Å². The van der Waals surface area contributed by atoms with Crippen LogP contribution in [0.3, 0.4) is 0 Å². The Balaban J connectivity index is 1.49. The Kier molecular flexibility index (Phi) is 5.55. The predicted molar refractivity (Wildman–Crippen MR) is 101 cm³/mol. The zero-order valence-electron chi connectivity index (χ0n) is 13.0. The molecule has 0 radical (unpaired) electrons. The number of imidazole rings is 1. The molecule has 1 heterocycles. The molecule has 24 heavy (non-hydrogen) atoms. The van der Waals surface area contributed by atoms with Gasteiger partial charge in [-0.15, -0.1) is 11.8 Å². The van der Waals surface area contributed by atoms with Crippen LogP contribution in [0.25, 0.3) is 11.0 Å². The molecule has 0 saturated carbocycles. The van der Waals surface area contributed by atoms with Crippen molar-refractivity contribution >= 4 is 46.7 Å². The number of hydrogen-bond donors (Lipinski definition) is 2. The van der Waals surface area contributed by atoms with Gasteiger partial charge in [0.15, 0.2) is 5.16 Å². The molecule has 0 fully saturated rings. The lowest BCUT2D eigenvalue weighted by molar-refractivity contribution is -0.118. The van der Waals surface area contributed by atoms with Gasteiger partial charge in [0.1, 0.15) is 0 Å². The zero-order chi connectivity index (χ0) is 16.8. The highest BCUT2D eigenvalue weighted by Crippen LogP contribution is 2.18. The Morgan fingerprint density at radius 3 is 2.79 bits per heavy atom. The molecule has 0 bridgehead atoms. The first-order valence-corrected chi connectivity index (χ1v) is 9.49. The van der Waals surface area contributed by atoms with Gasteiger partial charge in [-0.1, -0.05) is 36.0 Å². The van der Waals surface area contributed by atoms with Gasteiger partial charge < -0.3 is 4.98 Å². The fourth-order valence-corrected chi connectivity index (χ4v) is 3.12. The number of nitrogens with zero attached hydrogens (tertiary/aromatic N) is 2. The van der Waals surface area contributed by atoms with Crippen molar-refractivity contribution in [2.24, 2.45) is 5.10 Å². The smallest absolute Gasteiger partial charge is 0.250 e. The van der Waals surface area contributed by atoms with Crippen LogP contribution in [0.2, 0.25) is 0 Å². The molecule has 0 saturated heterocycles. The second kappa shape index (κ2) is 8.03. The number of aromatic amines is 1. The summed E-state index contributed by atoms with van der Waals surface area (Å²) in [7, 11) is 0. The van der Waals surface area contributed by atoms with Crippen LogP contribution in [-0.4, -0.2) is 34.1 Å². The molecule has 0 aliphatic heterocycles. The topological polar surface area (TPSA) is 70.1 Å². The number of hydrogen-bond acceptors (Lipinski definition) is 5. The maximum absolute atomic E-state index is 11.8. The lowest BCUT2D eigenvalue weighted by atomic mass is 10.2. The third-order valence-corrected chi connectivity index (χ3v) is 4.84. The number of fused-ring (bicyclic) bond motifs is 1. The summed E-state index contributed by atoms with van der Waals surface area (Å²) in [4.78, 5) is 20.6. The highest BCUT2D eigenvalue weighted by atomic mass is 32.2. The second-order valence-electron chi connectivity index (χ2n) is 4.91. The standard InChI is InChI=1S/C17H16N4OS2/c1-23-13-8-6-12(7-9-13)10-18-21-16(22)11-24-17-19-14-4-2-3-5-15(14)20-17/h2-10H,11H2,1H3,(H,19,20)(H,21,22)/b18-10-. The van der Waals surface area contributed by atoms with Crippen molar-refractivity contribution in [2.45, 2.75) is 10.1 Å². The molecule has 3 aromatic rings. The van der Waals surface area contributed by atoms with E-state index in [1.165, 1.54) is 16.7 Å². The van der Waals surface area contributed by atoms with E-state index in [0.717, 1.165) is 21.8 Å². The van der Waals surface area contributed by atoms with E-state index in [-0.39, 0.29) is 11.7 Å². The number of para-hydroxylation sites is 2. The number of aromatic nitrogens is 2. The van der Waals surface area contributed by atoms with Crippen LogP contribution in [0, 0.1) is 0 Å². The number of nitrogens with one attached hydrogen (secondary N) is 2. The summed E-state index contributed by atoms with van der Waals surface area (Å²) >= 11 is 3.04. The average molecular weight is 356 g/mol. The molecule has 1 amide bonds. The number of rotatable bonds is 6. The molecular weight excluding hydrogens is 340 g/mol. The van der Waals surface area contributed by atoms with E-state index in [4.69, 9.17) is 0 Å². The molecule has 122 valence electrons. The summed E-state index contributed by atoms with van der Waals surface area (Å²) in [5, 5.41) is 4.70. The summed E-state index contributed by atoms with van der Waals surface area (Å²) in [5.41, 5.74) is 5.33. The maximum atomic E-state index is 11.8. The summed E-state index contributed by atoms with van der Waals surface area (Å²) in [5.74, 6) is 0.0835. The van der Waals surface area contributed by atoms with E-state index >= 15 is 0 Å². The molecule has 2 aromatic carbocycles. The van der Waals surface area contributed by atoms with Crippen molar-refractivity contribution in [1.82, 2.24) is 15.4 Å². The number of amides is 1. The van der Waals surface area contributed by atoms with Crippen molar-refractivity contribution in [2.75, 3.05) is 12.0 Å². The fourth-order valence-electron chi connectivity index (χ4n) is 2.03. The van der Waals surface area contributed by atoms with Crippen molar-refractivity contribution < 1.29 is 4.79 Å². The molecule has 2 N–H and O–H groups in total. The van der Waals surface area contributed by atoms with Crippen molar-refractivity contribution in [1.29, 1.82) is 0 Å². The molecule has 0 unspecified atom stereocenters. The van der Waals surface area contributed by atoms with Gasteiger partial charge in [-0.25, -0.2) is 10.4 Å². The van der Waals surface area contributed by atoms with Gasteiger partial charge in [0, 0.05) is 4.90 Å². The van der Waals surface area contributed by atoms with Crippen molar-refractivity contribution in [3.63, 3.8) is 0 Å². The quantitative estimate of drug-likeness (QED) is 0.403. The van der Waals surface area contributed by atoms with Gasteiger partial charge >= 0.3 is 0 Å². The average Bonchev–Trinajstić information content (AvgIpc) is 3.03. The van der Waals surface area contributed by atoms with E-state index in [1.807, 2.05) is 54.8 Å². The molecule has 7 heteroatoms. The van der Waals surface area contributed by atoms with Gasteiger partial charge in [0.2, 0.25) is 0 Å². The number of carbonyl (C=O) groups is 1. The zero-order valence-corrected chi connectivity index (χ0v) is 14.7. The number of hydrazone groups is 1. The van der Waals surface area contributed by atoms with E-state index < -0.39 is 0 Å². The molecule has 1 aromatic heterocycles. The normalized spacial score (nSPS) is 11.2. The molecule has 0 aliphatic rings. The third-order valence-electron chi connectivity index (χ3n) is 3.23. The maximum Gasteiger partial charge on any atom is 0.250 e. The van der Waals surface area contributed by atoms with E-state index in [9.17, 15) is 4.79 Å². The van der Waals surface area contributed by atoms with Gasteiger partial charge in [-0.05, 0) is 36.1 Å². The largest absolute Gasteiger partial charge is 0.333 e. The molecular formula is C17H16N4OS2. The number of H-pyrrole nitrogens is 1. The number of thioether (sulfide) groups is 2. The summed E-state index contributed by atoms with van der Waals surface area (Å²) in [6.45, 7) is 0. The SMILES string of the molecule is CSc1ccc(/C=N\NC(=O)CSc2nc3ccccc3[nH]2)cc1. The Labute approximate surface area is 148 Å². The Hall–Kier alpha value is -2.25. The molecule has 3 rings (SSSR count). The van der Waals surface area contributed by atoms with Crippen LogP contribution in [0.4, 0.5) is 0 Å². The van der Waals surface area contributed by atoms with Crippen molar-refractivity contribution in [3.8, 4) is 0 Å². The number of benzene rings is 2. The minimum Gasteiger partial charge on any atom is -0.333 e. The van der Waals surface area contributed by atoms with Gasteiger partial charge in [-0.3, -0.25) is 4.79 Å². The highest BCUT2D eigenvalue weighted by molar-refractivity contribution is 7.99. The van der Waals surface area contributed by atoms with Crippen LogP contribution < -0.4 is 5.43 Å². The Bertz CT molecular complexity index is 825. The van der Waals surface area contributed by atoms with Crippen LogP contribution in [0.5, 0.6) is 0 Å². The monoisotopic (exact) mass is 356 g/mol. The van der Waals surface area contributed by atoms with Gasteiger partial charge in [0.05, 0.1) is 23.0 Å². The van der Waals surface area contributed by atoms with E-state index in [1.54, 1.807) is 18.0 Å². The minimum atomic E-state index is -0.169. The lowest BCUT2D eigenvalue weighted by Gasteiger charge is -1.99. The first-order chi connectivity index (χ1) is 11.7. The lowest BCUT2D eigenvalue weighted by Crippen LogP contribution is -2.19. The summed E-state index contributed by atoms with van der Waals surface area (Å²) in [6.07, 6.45) is 3.66. The van der Waals surface area contributed by atoms with Crippen molar-refractivity contribution in [3.05, 3.63) is 54.1 Å². The Morgan fingerprint density at radius 1 is 1.25 bits per heavy atom. The van der Waals surface area contributed by atoms with Gasteiger partial charge in [-0.2, -0.15) is 5.10 Å². The fraction of sp³-hybridized carbons (Fsp3) is 0.118. The minimum absolute atomic E-state index is 0.169. The van der Waals surface area contributed by atoms with Gasteiger partial charge in [0.25, 0.3) is 5.91 Å². The third kappa shape index (κ3) is 4.39. The molecule has 0 aliphatic carbocycles. The van der Waals surface area contributed by atoms with Crippen LogP contribution >= 0.6 is 23.5 Å². The van der Waals surface area contributed by atoms with Crippen LogP contribution in [0.15, 0.2) is 63.7 Å². The predicted octanol–water partition coefficient (Wildman–Crippen LogP) is 3.53. The molecule has 5 nitrogen and oxygen atoms in total. The second-order valence-corrected chi connectivity index (χ2v) is 6.76. The van der Waals surface area contributed by atoms with Crippen LogP contribution in [-0.2, 0) is 4.79 Å². The Morgan fingerprint density at radius 2 is 2.04 bits per heavy atom. The summed E-state index contributed by atoms with van der Waals surface area (Å²) in [6, 6.07) is 15.7. The molecule has 0 spiro atoms.